The SMILES string of the molecule is OB(Oc1cccc2ccc3cc4ccccc4cc3c12)OC(c1ccccc1)(c1ccccc1)c1ccccc1. The van der Waals surface area contributed by atoms with Crippen molar-refractivity contribution in [3.63, 3.8) is 0 Å². The molecule has 7 aromatic carbocycles. The lowest BCUT2D eigenvalue weighted by Gasteiger charge is -2.36. The van der Waals surface area contributed by atoms with E-state index in [0.717, 1.165) is 43.6 Å². The van der Waals surface area contributed by atoms with E-state index in [-0.39, 0.29) is 0 Å². The molecule has 7 rings (SSSR count). The van der Waals surface area contributed by atoms with Crippen LogP contribution in [-0.2, 0) is 10.3 Å². The highest BCUT2D eigenvalue weighted by Gasteiger charge is 2.42. The van der Waals surface area contributed by atoms with Crippen LogP contribution >= 0.6 is 0 Å². The van der Waals surface area contributed by atoms with Crippen LogP contribution < -0.4 is 4.65 Å². The van der Waals surface area contributed by atoms with Gasteiger partial charge in [-0.2, -0.15) is 0 Å². The van der Waals surface area contributed by atoms with E-state index in [2.05, 4.69) is 48.5 Å². The molecule has 0 amide bonds. The maximum atomic E-state index is 11.6. The van der Waals surface area contributed by atoms with Crippen LogP contribution in [0.1, 0.15) is 16.7 Å². The van der Waals surface area contributed by atoms with Gasteiger partial charge in [-0.05, 0) is 61.8 Å². The lowest BCUT2D eigenvalue weighted by Crippen LogP contribution is -2.41. The van der Waals surface area contributed by atoms with Gasteiger partial charge < -0.3 is 14.3 Å². The van der Waals surface area contributed by atoms with Crippen molar-refractivity contribution >= 4 is 39.6 Å². The van der Waals surface area contributed by atoms with Crippen LogP contribution in [-0.4, -0.2) is 12.3 Å². The first-order valence-corrected chi connectivity index (χ1v) is 13.8. The molecule has 0 heterocycles. The number of hydrogen-bond acceptors (Lipinski definition) is 3. The summed E-state index contributed by atoms with van der Waals surface area (Å²) in [6.45, 7) is 0. The zero-order valence-corrected chi connectivity index (χ0v) is 22.4. The fourth-order valence-corrected chi connectivity index (χ4v) is 5.87. The van der Waals surface area contributed by atoms with Crippen molar-refractivity contribution in [1.82, 2.24) is 0 Å². The van der Waals surface area contributed by atoms with Crippen LogP contribution in [0.15, 0.2) is 158 Å². The monoisotopic (exact) mass is 530 g/mol. The molecular formula is C37H27BO3. The second-order valence-corrected chi connectivity index (χ2v) is 10.2. The van der Waals surface area contributed by atoms with E-state index in [4.69, 9.17) is 9.31 Å². The van der Waals surface area contributed by atoms with Crippen molar-refractivity contribution in [2.75, 3.05) is 0 Å². The highest BCUT2D eigenvalue weighted by molar-refractivity contribution is 6.36. The Hall–Kier alpha value is -4.90. The average Bonchev–Trinajstić information content (AvgIpc) is 3.04. The molecule has 0 aliphatic rings. The number of fused-ring (bicyclic) bond motifs is 4. The quantitative estimate of drug-likeness (QED) is 0.0972. The first-order valence-electron chi connectivity index (χ1n) is 13.8. The molecule has 0 saturated carbocycles. The van der Waals surface area contributed by atoms with Gasteiger partial charge in [-0.25, -0.2) is 0 Å². The fraction of sp³-hybridized carbons (Fsp3) is 0.0270. The summed E-state index contributed by atoms with van der Waals surface area (Å²) in [7, 11) is -1.57. The molecule has 7 aromatic rings. The Morgan fingerprint density at radius 1 is 0.463 bits per heavy atom. The minimum atomic E-state index is -1.57. The smallest absolute Gasteiger partial charge is 0.511 e. The lowest BCUT2D eigenvalue weighted by molar-refractivity contribution is 0.0868. The Morgan fingerprint density at radius 3 is 1.54 bits per heavy atom. The molecule has 0 aliphatic heterocycles. The third-order valence-electron chi connectivity index (χ3n) is 7.73. The van der Waals surface area contributed by atoms with Crippen molar-refractivity contribution in [3.05, 3.63) is 174 Å². The van der Waals surface area contributed by atoms with Crippen molar-refractivity contribution in [1.29, 1.82) is 0 Å². The Kier molecular flexibility index (Phi) is 6.48. The second-order valence-electron chi connectivity index (χ2n) is 10.2. The maximum absolute atomic E-state index is 11.6. The summed E-state index contributed by atoms with van der Waals surface area (Å²) < 4.78 is 13.0. The molecular weight excluding hydrogens is 503 g/mol. The van der Waals surface area contributed by atoms with Gasteiger partial charge in [0.1, 0.15) is 11.4 Å². The minimum Gasteiger partial charge on any atom is -0.511 e. The lowest BCUT2D eigenvalue weighted by atomic mass is 9.79. The van der Waals surface area contributed by atoms with E-state index in [1.165, 1.54) is 5.39 Å². The van der Waals surface area contributed by atoms with Gasteiger partial charge in [-0.3, -0.25) is 0 Å². The topological polar surface area (TPSA) is 38.7 Å². The van der Waals surface area contributed by atoms with E-state index >= 15 is 0 Å². The largest absolute Gasteiger partial charge is 0.711 e. The molecule has 0 bridgehead atoms. The number of rotatable bonds is 7. The summed E-state index contributed by atoms with van der Waals surface area (Å²) in [6.07, 6.45) is 0. The van der Waals surface area contributed by atoms with Crippen LogP contribution in [0.4, 0.5) is 0 Å². The fourth-order valence-electron chi connectivity index (χ4n) is 5.87. The van der Waals surface area contributed by atoms with Gasteiger partial charge in [0, 0.05) is 5.39 Å². The Morgan fingerprint density at radius 2 is 0.951 bits per heavy atom. The minimum absolute atomic E-state index is 0.555. The molecule has 0 spiro atoms. The highest BCUT2D eigenvalue weighted by Crippen LogP contribution is 2.42. The molecule has 0 aromatic heterocycles. The molecule has 3 nitrogen and oxygen atoms in total. The van der Waals surface area contributed by atoms with Crippen molar-refractivity contribution in [2.24, 2.45) is 0 Å². The highest BCUT2D eigenvalue weighted by atomic mass is 16.7. The molecule has 0 unspecified atom stereocenters. The van der Waals surface area contributed by atoms with Gasteiger partial charge in [0.15, 0.2) is 0 Å². The maximum Gasteiger partial charge on any atom is 0.711 e. The van der Waals surface area contributed by atoms with Crippen molar-refractivity contribution in [2.45, 2.75) is 5.60 Å². The van der Waals surface area contributed by atoms with E-state index < -0.39 is 12.9 Å². The zero-order valence-electron chi connectivity index (χ0n) is 22.4. The summed E-state index contributed by atoms with van der Waals surface area (Å²) in [5.41, 5.74) is 1.53. The summed E-state index contributed by atoms with van der Waals surface area (Å²) in [5.74, 6) is 0.555. The summed E-state index contributed by atoms with van der Waals surface area (Å²) in [6, 6.07) is 52.7. The molecule has 4 heteroatoms. The Balaban J connectivity index is 1.36. The molecule has 1 N–H and O–H groups in total. The molecule has 41 heavy (non-hydrogen) atoms. The van der Waals surface area contributed by atoms with Gasteiger partial charge in [0.25, 0.3) is 0 Å². The molecule has 0 atom stereocenters. The van der Waals surface area contributed by atoms with Crippen LogP contribution in [0, 0.1) is 0 Å². The Labute approximate surface area is 239 Å². The normalized spacial score (nSPS) is 11.6. The molecule has 0 radical (unpaired) electrons. The van der Waals surface area contributed by atoms with Gasteiger partial charge in [-0.15, -0.1) is 0 Å². The molecule has 0 aliphatic carbocycles. The van der Waals surface area contributed by atoms with Gasteiger partial charge in [0.05, 0.1) is 0 Å². The van der Waals surface area contributed by atoms with E-state index in [1.807, 2.05) is 109 Å². The summed E-state index contributed by atoms with van der Waals surface area (Å²) >= 11 is 0. The average molecular weight is 530 g/mol. The summed E-state index contributed by atoms with van der Waals surface area (Å²) in [4.78, 5) is 0. The molecule has 196 valence electrons. The predicted molar refractivity (Wildman–Crippen MR) is 168 cm³/mol. The first kappa shape index (κ1) is 25.1. The summed E-state index contributed by atoms with van der Waals surface area (Å²) in [5, 5.41) is 18.0. The van der Waals surface area contributed by atoms with E-state index in [0.29, 0.717) is 5.75 Å². The molecule has 0 saturated heterocycles. The Bertz CT molecular complexity index is 1860. The van der Waals surface area contributed by atoms with Crippen molar-refractivity contribution in [3.8, 4) is 5.75 Å². The molecule has 0 fully saturated rings. The van der Waals surface area contributed by atoms with Crippen LogP contribution in [0.25, 0.3) is 32.3 Å². The van der Waals surface area contributed by atoms with Crippen LogP contribution in [0.2, 0.25) is 0 Å². The standard InChI is InChI=1S/C37H27BO3/c39-38(40-35-22-12-15-27-23-24-30-25-28-13-10-11-14-29(28)26-34(30)36(27)35)41-37(31-16-4-1-5-17-31,32-18-6-2-7-19-32)33-20-8-3-9-21-33/h1-26,39H. The van der Waals surface area contributed by atoms with Gasteiger partial charge >= 0.3 is 7.32 Å². The van der Waals surface area contributed by atoms with Crippen molar-refractivity contribution < 1.29 is 14.3 Å². The first-order chi connectivity index (χ1) is 20.2. The predicted octanol–water partition coefficient (Wildman–Crippen LogP) is 8.51. The third-order valence-corrected chi connectivity index (χ3v) is 7.73. The van der Waals surface area contributed by atoms with Crippen LogP contribution in [0.3, 0.4) is 0 Å². The van der Waals surface area contributed by atoms with Crippen LogP contribution in [0.5, 0.6) is 5.75 Å². The zero-order chi connectivity index (χ0) is 27.6. The third kappa shape index (κ3) is 4.54. The number of benzene rings is 7. The van der Waals surface area contributed by atoms with Gasteiger partial charge in [-0.1, -0.05) is 140 Å². The van der Waals surface area contributed by atoms with Gasteiger partial charge in [0.2, 0.25) is 0 Å². The second kappa shape index (κ2) is 10.6. The van der Waals surface area contributed by atoms with E-state index in [9.17, 15) is 5.02 Å². The number of hydrogen-bond donors (Lipinski definition) is 1. The van der Waals surface area contributed by atoms with E-state index in [1.54, 1.807) is 0 Å².